The maximum absolute atomic E-state index is 13.0. The molecular formula is C21H26ClN3O2. The van der Waals surface area contributed by atoms with Crippen LogP contribution in [-0.4, -0.2) is 52.8 Å². The number of benzene rings is 1. The Labute approximate surface area is 165 Å². The number of rotatable bonds is 4. The molecule has 0 bridgehead atoms. The number of hydrogen-bond acceptors (Lipinski definition) is 3. The second-order valence-corrected chi connectivity index (χ2v) is 7.47. The number of amides is 2. The third-order valence-electron chi connectivity index (χ3n) is 5.40. The average molecular weight is 388 g/mol. The number of piperidine rings is 1. The van der Waals surface area contributed by atoms with Gasteiger partial charge in [-0.25, -0.2) is 0 Å². The van der Waals surface area contributed by atoms with Gasteiger partial charge >= 0.3 is 0 Å². The lowest BCUT2D eigenvalue weighted by atomic mass is 9.94. The fraction of sp³-hybridized carbons (Fsp3) is 0.476. The van der Waals surface area contributed by atoms with Crippen LogP contribution in [0.4, 0.5) is 0 Å². The van der Waals surface area contributed by atoms with Gasteiger partial charge in [0.2, 0.25) is 5.91 Å². The Morgan fingerprint density at radius 1 is 1.19 bits per heavy atom. The number of nitrogens with zero attached hydrogens (tertiary/aromatic N) is 3. The van der Waals surface area contributed by atoms with E-state index < -0.39 is 0 Å². The Hall–Kier alpha value is -2.14. The maximum Gasteiger partial charge on any atom is 0.255 e. The predicted octanol–water partition coefficient (Wildman–Crippen LogP) is 3.92. The summed E-state index contributed by atoms with van der Waals surface area (Å²) in [6.45, 7) is 8.53. The molecule has 1 fully saturated rings. The van der Waals surface area contributed by atoms with E-state index in [0.717, 1.165) is 29.7 Å². The number of carbonyl (C=O) groups is 2. The van der Waals surface area contributed by atoms with Crippen molar-refractivity contribution in [1.29, 1.82) is 0 Å². The van der Waals surface area contributed by atoms with Crippen LogP contribution in [0.3, 0.4) is 0 Å². The highest BCUT2D eigenvalue weighted by atomic mass is 35.5. The smallest absolute Gasteiger partial charge is 0.255 e. The number of halogens is 1. The highest BCUT2D eigenvalue weighted by Crippen LogP contribution is 2.24. The maximum atomic E-state index is 13.0. The van der Waals surface area contributed by atoms with Gasteiger partial charge in [0, 0.05) is 42.5 Å². The van der Waals surface area contributed by atoms with Crippen molar-refractivity contribution in [3.63, 3.8) is 0 Å². The minimum absolute atomic E-state index is 0.0172. The molecule has 0 atom stereocenters. The molecule has 2 heterocycles. The van der Waals surface area contributed by atoms with Crippen molar-refractivity contribution < 1.29 is 9.59 Å². The third kappa shape index (κ3) is 4.08. The first kappa shape index (κ1) is 19.6. The summed E-state index contributed by atoms with van der Waals surface area (Å²) in [7, 11) is 0. The summed E-state index contributed by atoms with van der Waals surface area (Å²) in [5.74, 6) is 0.212. The zero-order valence-corrected chi connectivity index (χ0v) is 16.9. The highest BCUT2D eigenvalue weighted by molar-refractivity contribution is 6.31. The molecule has 1 aliphatic rings. The van der Waals surface area contributed by atoms with Gasteiger partial charge in [0.1, 0.15) is 0 Å². The Bertz CT molecular complexity index is 856. The highest BCUT2D eigenvalue weighted by Gasteiger charge is 2.30. The number of likely N-dealkylation sites (tertiary alicyclic amines) is 1. The van der Waals surface area contributed by atoms with Crippen LogP contribution < -0.4 is 0 Å². The number of hydrogen-bond donors (Lipinski definition) is 0. The van der Waals surface area contributed by atoms with Gasteiger partial charge < -0.3 is 9.80 Å². The molecule has 1 aliphatic heterocycles. The van der Waals surface area contributed by atoms with Gasteiger partial charge in [-0.1, -0.05) is 11.6 Å². The zero-order valence-electron chi connectivity index (χ0n) is 16.2. The van der Waals surface area contributed by atoms with Gasteiger partial charge in [-0.15, -0.1) is 0 Å². The largest absolute Gasteiger partial charge is 0.343 e. The third-order valence-corrected chi connectivity index (χ3v) is 5.64. The lowest BCUT2D eigenvalue weighted by Crippen LogP contribution is -2.44. The molecule has 5 nitrogen and oxygen atoms in total. The molecule has 3 rings (SSSR count). The first-order chi connectivity index (χ1) is 12.9. The van der Waals surface area contributed by atoms with Gasteiger partial charge in [-0.3, -0.25) is 14.6 Å². The van der Waals surface area contributed by atoms with Crippen molar-refractivity contribution >= 4 is 34.3 Å². The van der Waals surface area contributed by atoms with Gasteiger partial charge in [0.15, 0.2) is 0 Å². The average Bonchev–Trinajstić information content (AvgIpc) is 2.68. The fourth-order valence-electron chi connectivity index (χ4n) is 3.75. The minimum Gasteiger partial charge on any atom is -0.343 e. The Morgan fingerprint density at radius 3 is 2.48 bits per heavy atom. The van der Waals surface area contributed by atoms with E-state index in [1.807, 2.05) is 48.8 Å². The molecule has 144 valence electrons. The summed E-state index contributed by atoms with van der Waals surface area (Å²) >= 11 is 6.08. The molecule has 0 N–H and O–H groups in total. The van der Waals surface area contributed by atoms with E-state index >= 15 is 0 Å². The second-order valence-electron chi connectivity index (χ2n) is 7.04. The van der Waals surface area contributed by atoms with Crippen molar-refractivity contribution in [2.45, 2.75) is 33.6 Å². The molecule has 1 aromatic carbocycles. The summed E-state index contributed by atoms with van der Waals surface area (Å²) in [6, 6.07) is 7.37. The molecule has 0 aliphatic carbocycles. The van der Waals surface area contributed by atoms with Crippen molar-refractivity contribution in [3.05, 3.63) is 40.5 Å². The molecule has 0 unspecified atom stereocenters. The number of aromatic nitrogens is 1. The SMILES string of the molecule is CCN(CC)C(=O)C1CCN(C(=O)c2cc3cc(Cl)ccc3nc2C)CC1. The lowest BCUT2D eigenvalue weighted by Gasteiger charge is -2.34. The van der Waals surface area contributed by atoms with Gasteiger partial charge in [-0.2, -0.15) is 0 Å². The molecule has 2 aromatic rings. The van der Waals surface area contributed by atoms with Crippen LogP contribution in [-0.2, 0) is 4.79 Å². The second kappa shape index (κ2) is 8.26. The number of aryl methyl sites for hydroxylation is 1. The summed E-state index contributed by atoms with van der Waals surface area (Å²) in [4.78, 5) is 33.8. The van der Waals surface area contributed by atoms with Gasteiger partial charge in [-0.05, 0) is 57.9 Å². The zero-order chi connectivity index (χ0) is 19.6. The fourth-order valence-corrected chi connectivity index (χ4v) is 3.93. The van der Waals surface area contributed by atoms with Crippen LogP contribution in [0, 0.1) is 12.8 Å². The normalized spacial score (nSPS) is 15.2. The monoisotopic (exact) mass is 387 g/mol. The molecule has 0 radical (unpaired) electrons. The first-order valence-corrected chi connectivity index (χ1v) is 9.97. The van der Waals surface area contributed by atoms with E-state index in [9.17, 15) is 9.59 Å². The van der Waals surface area contributed by atoms with Gasteiger partial charge in [0.05, 0.1) is 16.8 Å². The summed E-state index contributed by atoms with van der Waals surface area (Å²) < 4.78 is 0. The van der Waals surface area contributed by atoms with Crippen LogP contribution >= 0.6 is 11.6 Å². The lowest BCUT2D eigenvalue weighted by molar-refractivity contribution is -0.136. The molecule has 6 heteroatoms. The summed E-state index contributed by atoms with van der Waals surface area (Å²) in [6.07, 6.45) is 1.43. The number of pyridine rings is 1. The molecule has 27 heavy (non-hydrogen) atoms. The van der Waals surface area contributed by atoms with Crippen LogP contribution in [0.2, 0.25) is 5.02 Å². The van der Waals surface area contributed by atoms with Crippen LogP contribution in [0.15, 0.2) is 24.3 Å². The molecule has 0 saturated carbocycles. The first-order valence-electron chi connectivity index (χ1n) is 9.59. The van der Waals surface area contributed by atoms with Crippen LogP contribution in [0.1, 0.15) is 42.7 Å². The minimum atomic E-state index is -0.0180. The predicted molar refractivity (Wildman–Crippen MR) is 108 cm³/mol. The Kier molecular flexibility index (Phi) is 6.00. The van der Waals surface area contributed by atoms with Crippen molar-refractivity contribution in [2.75, 3.05) is 26.2 Å². The van der Waals surface area contributed by atoms with Crippen molar-refractivity contribution in [1.82, 2.24) is 14.8 Å². The Morgan fingerprint density at radius 2 is 1.85 bits per heavy atom. The van der Waals surface area contributed by atoms with Gasteiger partial charge in [0.25, 0.3) is 5.91 Å². The Balaban J connectivity index is 1.73. The molecule has 0 spiro atoms. The van der Waals surface area contributed by atoms with E-state index in [1.54, 1.807) is 6.07 Å². The van der Waals surface area contributed by atoms with Crippen LogP contribution in [0.5, 0.6) is 0 Å². The molecule has 2 amide bonds. The number of carbonyl (C=O) groups excluding carboxylic acids is 2. The van der Waals surface area contributed by atoms with E-state index in [0.29, 0.717) is 36.5 Å². The molecular weight excluding hydrogens is 362 g/mol. The van der Waals surface area contributed by atoms with Crippen LogP contribution in [0.25, 0.3) is 10.9 Å². The van der Waals surface area contributed by atoms with E-state index in [4.69, 9.17) is 11.6 Å². The van der Waals surface area contributed by atoms with Crippen molar-refractivity contribution in [3.8, 4) is 0 Å². The van der Waals surface area contributed by atoms with E-state index in [2.05, 4.69) is 4.98 Å². The number of fused-ring (bicyclic) bond motifs is 1. The van der Waals surface area contributed by atoms with E-state index in [-0.39, 0.29) is 17.7 Å². The summed E-state index contributed by atoms with van der Waals surface area (Å²) in [5, 5.41) is 1.49. The van der Waals surface area contributed by atoms with Crippen molar-refractivity contribution in [2.24, 2.45) is 5.92 Å². The topological polar surface area (TPSA) is 53.5 Å². The summed E-state index contributed by atoms with van der Waals surface area (Å²) in [5.41, 5.74) is 2.16. The van der Waals surface area contributed by atoms with E-state index in [1.165, 1.54) is 0 Å². The molecule has 1 aromatic heterocycles. The standard InChI is InChI=1S/C21H26ClN3O2/c1-4-24(5-2)20(26)15-8-10-25(11-9-15)21(27)18-13-16-12-17(22)6-7-19(16)23-14(18)3/h6-7,12-13,15H,4-5,8-11H2,1-3H3. The molecule has 1 saturated heterocycles. The quantitative estimate of drug-likeness (QED) is 0.799.